The van der Waals surface area contributed by atoms with Gasteiger partial charge in [0.15, 0.2) is 0 Å². The third kappa shape index (κ3) is 3.47. The monoisotopic (exact) mass is 256 g/mol. The number of hydrogen-bond donors (Lipinski definition) is 2. The van der Waals surface area contributed by atoms with Crippen molar-refractivity contribution in [1.82, 2.24) is 0 Å². The van der Waals surface area contributed by atoms with Gasteiger partial charge in [0.2, 0.25) is 0 Å². The van der Waals surface area contributed by atoms with E-state index in [4.69, 9.17) is 0 Å². The van der Waals surface area contributed by atoms with E-state index in [1.807, 2.05) is 6.92 Å². The van der Waals surface area contributed by atoms with Gasteiger partial charge < -0.3 is 10.2 Å². The molecule has 0 aromatic heterocycles. The van der Waals surface area contributed by atoms with Crippen molar-refractivity contribution in [3.63, 3.8) is 0 Å². The molecule has 1 aliphatic rings. The van der Waals surface area contributed by atoms with E-state index < -0.39 is 17.5 Å². The molecule has 1 rings (SSSR count). The quantitative estimate of drug-likeness (QED) is 0.810. The minimum Gasteiger partial charge on any atom is -0.481 e. The average molecular weight is 256 g/mol. The SMILES string of the molecule is CCCC(C(=O)O)C1(O)CC(C)(C)CC(C)(C)C1. The van der Waals surface area contributed by atoms with Crippen LogP contribution < -0.4 is 0 Å². The molecular weight excluding hydrogens is 228 g/mol. The van der Waals surface area contributed by atoms with Crippen molar-refractivity contribution in [2.45, 2.75) is 72.3 Å². The van der Waals surface area contributed by atoms with Crippen molar-refractivity contribution in [2.24, 2.45) is 16.7 Å². The lowest BCUT2D eigenvalue weighted by molar-refractivity contribution is -0.167. The Morgan fingerprint density at radius 1 is 1.11 bits per heavy atom. The summed E-state index contributed by atoms with van der Waals surface area (Å²) in [7, 11) is 0. The second-order valence-electron chi connectivity index (χ2n) is 7.64. The summed E-state index contributed by atoms with van der Waals surface area (Å²) in [5, 5.41) is 20.3. The van der Waals surface area contributed by atoms with Gasteiger partial charge in [-0.15, -0.1) is 0 Å². The van der Waals surface area contributed by atoms with Gasteiger partial charge in [0, 0.05) is 0 Å². The van der Waals surface area contributed by atoms with Crippen molar-refractivity contribution < 1.29 is 15.0 Å². The van der Waals surface area contributed by atoms with Crippen LogP contribution in [0.4, 0.5) is 0 Å². The van der Waals surface area contributed by atoms with E-state index in [1.54, 1.807) is 0 Å². The number of carboxylic acids is 1. The Bertz CT molecular complexity index is 302. The predicted octanol–water partition coefficient (Wildman–Crippen LogP) is 3.45. The molecule has 0 bridgehead atoms. The molecule has 1 saturated carbocycles. The van der Waals surface area contributed by atoms with Crippen LogP contribution in [0.2, 0.25) is 0 Å². The molecule has 0 saturated heterocycles. The maximum Gasteiger partial charge on any atom is 0.309 e. The summed E-state index contributed by atoms with van der Waals surface area (Å²) in [5.74, 6) is -1.49. The Morgan fingerprint density at radius 3 is 1.89 bits per heavy atom. The van der Waals surface area contributed by atoms with Gasteiger partial charge in [-0.05, 0) is 36.5 Å². The summed E-state index contributed by atoms with van der Waals surface area (Å²) in [4.78, 5) is 11.5. The second kappa shape index (κ2) is 4.84. The molecule has 1 unspecified atom stereocenters. The summed E-state index contributed by atoms with van der Waals surface area (Å²) in [5.41, 5.74) is -1.07. The third-order valence-electron chi connectivity index (χ3n) is 4.05. The van der Waals surface area contributed by atoms with Gasteiger partial charge in [-0.1, -0.05) is 41.0 Å². The molecule has 0 amide bonds. The molecule has 3 heteroatoms. The lowest BCUT2D eigenvalue weighted by Gasteiger charge is -2.51. The minimum absolute atomic E-state index is 0.00204. The van der Waals surface area contributed by atoms with Gasteiger partial charge in [-0.25, -0.2) is 0 Å². The molecule has 3 nitrogen and oxygen atoms in total. The fraction of sp³-hybridized carbons (Fsp3) is 0.933. The largest absolute Gasteiger partial charge is 0.481 e. The van der Waals surface area contributed by atoms with Crippen LogP contribution in [-0.2, 0) is 4.79 Å². The summed E-state index contributed by atoms with van der Waals surface area (Å²) in [6, 6.07) is 0. The predicted molar refractivity (Wildman–Crippen MR) is 72.4 cm³/mol. The van der Waals surface area contributed by atoms with Crippen LogP contribution in [0.1, 0.15) is 66.7 Å². The molecule has 106 valence electrons. The molecule has 0 aromatic rings. The Hall–Kier alpha value is -0.570. The molecule has 1 atom stereocenters. The van der Waals surface area contributed by atoms with Crippen molar-refractivity contribution in [3.05, 3.63) is 0 Å². The van der Waals surface area contributed by atoms with Crippen molar-refractivity contribution in [2.75, 3.05) is 0 Å². The highest BCUT2D eigenvalue weighted by atomic mass is 16.4. The molecule has 1 fully saturated rings. The lowest BCUT2D eigenvalue weighted by atomic mass is 9.56. The fourth-order valence-electron chi connectivity index (χ4n) is 4.30. The van der Waals surface area contributed by atoms with Crippen LogP contribution >= 0.6 is 0 Å². The lowest BCUT2D eigenvalue weighted by Crippen LogP contribution is -2.52. The first-order valence-corrected chi connectivity index (χ1v) is 6.97. The number of carboxylic acid groups (broad SMARTS) is 1. The number of aliphatic carboxylic acids is 1. The van der Waals surface area contributed by atoms with E-state index >= 15 is 0 Å². The van der Waals surface area contributed by atoms with Gasteiger partial charge in [0.05, 0.1) is 11.5 Å². The molecular formula is C15H28O3. The first kappa shape index (κ1) is 15.5. The van der Waals surface area contributed by atoms with Crippen LogP contribution in [0.15, 0.2) is 0 Å². The van der Waals surface area contributed by atoms with E-state index in [0.717, 1.165) is 12.8 Å². The maximum absolute atomic E-state index is 11.5. The minimum atomic E-state index is -1.06. The van der Waals surface area contributed by atoms with E-state index in [0.29, 0.717) is 19.3 Å². The van der Waals surface area contributed by atoms with Crippen LogP contribution in [0, 0.1) is 16.7 Å². The molecule has 0 spiro atoms. The highest BCUT2D eigenvalue weighted by Gasteiger charge is 2.52. The van der Waals surface area contributed by atoms with Crippen LogP contribution in [0.5, 0.6) is 0 Å². The van der Waals surface area contributed by atoms with Gasteiger partial charge in [-0.3, -0.25) is 4.79 Å². The number of carbonyl (C=O) groups is 1. The zero-order valence-electron chi connectivity index (χ0n) is 12.4. The average Bonchev–Trinajstić information content (AvgIpc) is 2.06. The zero-order valence-corrected chi connectivity index (χ0v) is 12.4. The van der Waals surface area contributed by atoms with Gasteiger partial charge >= 0.3 is 5.97 Å². The molecule has 2 N–H and O–H groups in total. The Kier molecular flexibility index (Phi) is 4.16. The second-order valence-corrected chi connectivity index (χ2v) is 7.64. The first-order chi connectivity index (χ1) is 8.01. The molecule has 1 aliphatic carbocycles. The van der Waals surface area contributed by atoms with Crippen molar-refractivity contribution >= 4 is 5.97 Å². The van der Waals surface area contributed by atoms with Crippen LogP contribution in [0.3, 0.4) is 0 Å². The first-order valence-electron chi connectivity index (χ1n) is 6.97. The highest BCUT2D eigenvalue weighted by Crippen LogP contribution is 2.53. The number of hydrogen-bond acceptors (Lipinski definition) is 2. The molecule has 18 heavy (non-hydrogen) atoms. The fourth-order valence-corrected chi connectivity index (χ4v) is 4.30. The van der Waals surface area contributed by atoms with E-state index in [1.165, 1.54) is 0 Å². The van der Waals surface area contributed by atoms with E-state index in [-0.39, 0.29) is 10.8 Å². The molecule has 0 radical (unpaired) electrons. The van der Waals surface area contributed by atoms with E-state index in [2.05, 4.69) is 27.7 Å². The van der Waals surface area contributed by atoms with Gasteiger partial charge in [0.1, 0.15) is 0 Å². The van der Waals surface area contributed by atoms with Crippen molar-refractivity contribution in [3.8, 4) is 0 Å². The zero-order chi connectivity index (χ0) is 14.2. The molecule has 0 heterocycles. The highest BCUT2D eigenvalue weighted by molar-refractivity contribution is 5.71. The normalized spacial score (nSPS) is 26.6. The topological polar surface area (TPSA) is 57.5 Å². The Balaban J connectivity index is 3.05. The molecule has 0 aromatic carbocycles. The Morgan fingerprint density at radius 2 is 1.56 bits per heavy atom. The summed E-state index contributed by atoms with van der Waals surface area (Å²) < 4.78 is 0. The smallest absolute Gasteiger partial charge is 0.309 e. The summed E-state index contributed by atoms with van der Waals surface area (Å²) >= 11 is 0. The van der Waals surface area contributed by atoms with Gasteiger partial charge in [0.25, 0.3) is 0 Å². The standard InChI is InChI=1S/C15H28O3/c1-6-7-11(12(16)17)15(18)9-13(2,3)8-14(4,5)10-15/h11,18H,6-10H2,1-5H3,(H,16,17). The number of rotatable bonds is 4. The Labute approximate surface area is 111 Å². The van der Waals surface area contributed by atoms with Gasteiger partial charge in [-0.2, -0.15) is 0 Å². The van der Waals surface area contributed by atoms with Crippen LogP contribution in [-0.4, -0.2) is 21.8 Å². The van der Waals surface area contributed by atoms with Crippen LogP contribution in [0.25, 0.3) is 0 Å². The van der Waals surface area contributed by atoms with Crippen molar-refractivity contribution in [1.29, 1.82) is 0 Å². The summed E-state index contributed by atoms with van der Waals surface area (Å²) in [6.45, 7) is 10.5. The number of aliphatic hydroxyl groups is 1. The maximum atomic E-state index is 11.5. The molecule has 0 aliphatic heterocycles. The van der Waals surface area contributed by atoms with E-state index in [9.17, 15) is 15.0 Å². The third-order valence-corrected chi connectivity index (χ3v) is 4.05. The summed E-state index contributed by atoms with van der Waals surface area (Å²) in [6.07, 6.45) is 3.54.